The predicted octanol–water partition coefficient (Wildman–Crippen LogP) is 2.24. The van der Waals surface area contributed by atoms with E-state index in [0.717, 1.165) is 28.5 Å². The molecule has 0 fully saturated rings. The van der Waals surface area contributed by atoms with E-state index in [4.69, 9.17) is 10.5 Å². The lowest BCUT2D eigenvalue weighted by atomic mass is 10.0. The Kier molecular flexibility index (Phi) is 5.17. The average Bonchev–Trinajstić information content (AvgIpc) is 2.46. The molecular formula is C17H22N2O2. The van der Waals surface area contributed by atoms with E-state index in [0.29, 0.717) is 6.54 Å². The third-order valence-electron chi connectivity index (χ3n) is 3.20. The molecule has 0 saturated carbocycles. The maximum atomic E-state index is 11.7. The first-order valence-electron chi connectivity index (χ1n) is 7.24. The summed E-state index contributed by atoms with van der Waals surface area (Å²) in [5, 5.41) is 5.10. The zero-order valence-corrected chi connectivity index (χ0v) is 12.6. The van der Waals surface area contributed by atoms with Crippen molar-refractivity contribution in [3.05, 3.63) is 42.0 Å². The van der Waals surface area contributed by atoms with Crippen molar-refractivity contribution in [1.29, 1.82) is 0 Å². The van der Waals surface area contributed by atoms with E-state index in [1.54, 1.807) is 0 Å². The highest BCUT2D eigenvalue weighted by Crippen LogP contribution is 2.28. The standard InChI is InChI=1S/C17H22N2O2/c1-12(2)19-17(20)11-21-16-8-7-13-5-3-4-6-14(13)15(16)9-10-18/h3-8,12H,9-11,18H2,1-2H3,(H,19,20). The number of nitrogens with two attached hydrogens (primary N) is 1. The van der Waals surface area contributed by atoms with Crippen LogP contribution in [0.3, 0.4) is 0 Å². The molecule has 0 unspecified atom stereocenters. The van der Waals surface area contributed by atoms with Gasteiger partial charge in [-0.05, 0) is 43.7 Å². The van der Waals surface area contributed by atoms with Gasteiger partial charge < -0.3 is 15.8 Å². The first-order chi connectivity index (χ1) is 10.1. The fourth-order valence-corrected chi connectivity index (χ4v) is 2.36. The molecule has 0 aliphatic carbocycles. The highest BCUT2D eigenvalue weighted by Gasteiger charge is 2.10. The van der Waals surface area contributed by atoms with Gasteiger partial charge in [0.25, 0.3) is 5.91 Å². The van der Waals surface area contributed by atoms with Crippen molar-refractivity contribution in [3.63, 3.8) is 0 Å². The SMILES string of the molecule is CC(C)NC(=O)COc1ccc2ccccc2c1CCN. The van der Waals surface area contributed by atoms with Gasteiger partial charge in [0.2, 0.25) is 0 Å². The van der Waals surface area contributed by atoms with Crippen LogP contribution in [0, 0.1) is 0 Å². The molecule has 0 saturated heterocycles. The molecule has 0 radical (unpaired) electrons. The van der Waals surface area contributed by atoms with Crippen LogP contribution < -0.4 is 15.8 Å². The molecular weight excluding hydrogens is 264 g/mol. The number of carbonyl (C=O) groups is 1. The van der Waals surface area contributed by atoms with Crippen LogP contribution in [0.1, 0.15) is 19.4 Å². The number of rotatable bonds is 6. The zero-order chi connectivity index (χ0) is 15.2. The minimum absolute atomic E-state index is 0.0219. The largest absolute Gasteiger partial charge is 0.483 e. The average molecular weight is 286 g/mol. The molecule has 0 heterocycles. The second-order valence-electron chi connectivity index (χ2n) is 5.31. The summed E-state index contributed by atoms with van der Waals surface area (Å²) in [5.74, 6) is 0.620. The summed E-state index contributed by atoms with van der Waals surface area (Å²) in [4.78, 5) is 11.7. The molecule has 1 amide bonds. The lowest BCUT2D eigenvalue weighted by Crippen LogP contribution is -2.34. The van der Waals surface area contributed by atoms with E-state index >= 15 is 0 Å². The highest BCUT2D eigenvalue weighted by atomic mass is 16.5. The monoisotopic (exact) mass is 286 g/mol. The molecule has 2 rings (SSSR count). The van der Waals surface area contributed by atoms with Gasteiger partial charge in [-0.1, -0.05) is 30.3 Å². The quantitative estimate of drug-likeness (QED) is 0.856. The molecule has 0 aliphatic heterocycles. The first kappa shape index (κ1) is 15.3. The van der Waals surface area contributed by atoms with Gasteiger partial charge in [-0.3, -0.25) is 4.79 Å². The summed E-state index contributed by atoms with van der Waals surface area (Å²) in [6, 6.07) is 12.1. The molecule has 3 N–H and O–H groups in total. The van der Waals surface area contributed by atoms with E-state index in [9.17, 15) is 4.79 Å². The Morgan fingerprint density at radius 3 is 2.71 bits per heavy atom. The lowest BCUT2D eigenvalue weighted by Gasteiger charge is -2.14. The minimum atomic E-state index is -0.114. The molecule has 0 bridgehead atoms. The molecule has 4 nitrogen and oxygen atoms in total. The molecule has 21 heavy (non-hydrogen) atoms. The Labute approximate surface area is 125 Å². The van der Waals surface area contributed by atoms with Gasteiger partial charge in [0.1, 0.15) is 5.75 Å². The Morgan fingerprint density at radius 1 is 1.24 bits per heavy atom. The lowest BCUT2D eigenvalue weighted by molar-refractivity contribution is -0.123. The Bertz CT molecular complexity index is 623. The third-order valence-corrected chi connectivity index (χ3v) is 3.20. The topological polar surface area (TPSA) is 64.3 Å². The van der Waals surface area contributed by atoms with Gasteiger partial charge in [-0.25, -0.2) is 0 Å². The van der Waals surface area contributed by atoms with E-state index in [1.165, 1.54) is 0 Å². The first-order valence-corrected chi connectivity index (χ1v) is 7.24. The highest BCUT2D eigenvalue weighted by molar-refractivity contribution is 5.88. The van der Waals surface area contributed by atoms with Crippen molar-refractivity contribution in [2.75, 3.05) is 13.2 Å². The van der Waals surface area contributed by atoms with Crippen LogP contribution in [0.4, 0.5) is 0 Å². The molecule has 0 aliphatic rings. The molecule has 0 atom stereocenters. The molecule has 2 aromatic carbocycles. The molecule has 112 valence electrons. The van der Waals surface area contributed by atoms with Crippen LogP contribution in [-0.2, 0) is 11.2 Å². The fourth-order valence-electron chi connectivity index (χ4n) is 2.36. The van der Waals surface area contributed by atoms with Crippen molar-refractivity contribution in [3.8, 4) is 5.75 Å². The van der Waals surface area contributed by atoms with Crippen LogP contribution in [0.5, 0.6) is 5.75 Å². The minimum Gasteiger partial charge on any atom is -0.483 e. The van der Waals surface area contributed by atoms with Crippen molar-refractivity contribution < 1.29 is 9.53 Å². The molecule has 4 heteroatoms. The van der Waals surface area contributed by atoms with Crippen molar-refractivity contribution in [1.82, 2.24) is 5.32 Å². The van der Waals surface area contributed by atoms with Gasteiger partial charge in [0, 0.05) is 11.6 Å². The van der Waals surface area contributed by atoms with E-state index in [2.05, 4.69) is 17.4 Å². The number of hydrogen-bond acceptors (Lipinski definition) is 3. The van der Waals surface area contributed by atoms with E-state index < -0.39 is 0 Å². The van der Waals surface area contributed by atoms with Crippen LogP contribution in [-0.4, -0.2) is 25.1 Å². The Hall–Kier alpha value is -2.07. The molecule has 2 aromatic rings. The maximum Gasteiger partial charge on any atom is 0.258 e. The summed E-state index contributed by atoms with van der Waals surface area (Å²) in [5.41, 5.74) is 6.77. The summed E-state index contributed by atoms with van der Waals surface area (Å²) in [6.07, 6.45) is 0.725. The van der Waals surface area contributed by atoms with E-state index in [1.807, 2.05) is 38.1 Å². The van der Waals surface area contributed by atoms with Crippen LogP contribution in [0.15, 0.2) is 36.4 Å². The van der Waals surface area contributed by atoms with Gasteiger partial charge >= 0.3 is 0 Å². The molecule has 0 spiro atoms. The Balaban J connectivity index is 2.22. The summed E-state index contributed by atoms with van der Waals surface area (Å²) in [7, 11) is 0. The van der Waals surface area contributed by atoms with Crippen molar-refractivity contribution in [2.45, 2.75) is 26.3 Å². The smallest absolute Gasteiger partial charge is 0.258 e. The number of amides is 1. The number of ether oxygens (including phenoxy) is 1. The summed E-state index contributed by atoms with van der Waals surface area (Å²) >= 11 is 0. The second-order valence-corrected chi connectivity index (χ2v) is 5.31. The van der Waals surface area contributed by atoms with Crippen LogP contribution in [0.25, 0.3) is 10.8 Å². The summed E-state index contributed by atoms with van der Waals surface area (Å²) < 4.78 is 5.69. The number of fused-ring (bicyclic) bond motifs is 1. The normalized spacial score (nSPS) is 10.9. The van der Waals surface area contributed by atoms with Crippen molar-refractivity contribution in [2.24, 2.45) is 5.73 Å². The second kappa shape index (κ2) is 7.09. The van der Waals surface area contributed by atoms with E-state index in [-0.39, 0.29) is 18.6 Å². The summed E-state index contributed by atoms with van der Waals surface area (Å²) in [6.45, 7) is 4.41. The van der Waals surface area contributed by atoms with Crippen LogP contribution >= 0.6 is 0 Å². The number of carbonyl (C=O) groups excluding carboxylic acids is 1. The van der Waals surface area contributed by atoms with Crippen LogP contribution in [0.2, 0.25) is 0 Å². The fraction of sp³-hybridized carbons (Fsp3) is 0.353. The maximum absolute atomic E-state index is 11.7. The number of hydrogen-bond donors (Lipinski definition) is 2. The van der Waals surface area contributed by atoms with Gasteiger partial charge in [-0.2, -0.15) is 0 Å². The number of benzene rings is 2. The van der Waals surface area contributed by atoms with Crippen molar-refractivity contribution >= 4 is 16.7 Å². The zero-order valence-electron chi connectivity index (χ0n) is 12.6. The Morgan fingerprint density at radius 2 is 2.00 bits per heavy atom. The van der Waals surface area contributed by atoms with Gasteiger partial charge in [0.15, 0.2) is 6.61 Å². The number of nitrogens with one attached hydrogen (secondary N) is 1. The predicted molar refractivity (Wildman–Crippen MR) is 85.5 cm³/mol. The molecule has 0 aromatic heterocycles. The third kappa shape index (κ3) is 3.95. The van der Waals surface area contributed by atoms with Gasteiger partial charge in [0.05, 0.1) is 0 Å². The van der Waals surface area contributed by atoms with Gasteiger partial charge in [-0.15, -0.1) is 0 Å².